The molecule has 1 nitrogen and oxygen atoms in total. The van der Waals surface area contributed by atoms with Crippen molar-refractivity contribution in [1.82, 2.24) is 0 Å². The number of ketones is 1. The fourth-order valence-corrected chi connectivity index (χ4v) is 6.14. The van der Waals surface area contributed by atoms with E-state index in [0.717, 1.165) is 58.3 Å². The molecule has 3 fully saturated rings. The molecule has 4 atom stereocenters. The van der Waals surface area contributed by atoms with Crippen LogP contribution in [0.5, 0.6) is 0 Å². The van der Waals surface area contributed by atoms with Crippen LogP contribution in [0.25, 0.3) is 0 Å². The predicted octanol–water partition coefficient (Wildman–Crippen LogP) is 6.94. The summed E-state index contributed by atoms with van der Waals surface area (Å²) < 4.78 is 54.8. The molecular weight excluding hydrogens is 368 g/mol. The molecule has 3 saturated carbocycles. The zero-order valence-corrected chi connectivity index (χ0v) is 17.3. The summed E-state index contributed by atoms with van der Waals surface area (Å²) in [6, 6.07) is 0. The van der Waals surface area contributed by atoms with Gasteiger partial charge in [-0.25, -0.2) is 17.6 Å². The molecule has 0 bridgehead atoms. The van der Waals surface area contributed by atoms with Gasteiger partial charge in [0.15, 0.2) is 0 Å². The molecule has 3 rings (SSSR count). The number of halogens is 4. The SMILES string of the molecule is CC1CCC(C(=O)C2CCC(C3CCC(CC(C)(F)F)CC3)CC2)C(F)C1F. The molecule has 0 amide bonds. The minimum Gasteiger partial charge on any atom is -0.299 e. The Morgan fingerprint density at radius 1 is 0.821 bits per heavy atom. The van der Waals surface area contributed by atoms with Crippen molar-refractivity contribution in [3.8, 4) is 0 Å². The number of rotatable bonds is 5. The highest BCUT2D eigenvalue weighted by molar-refractivity contribution is 5.84. The lowest BCUT2D eigenvalue weighted by Gasteiger charge is -2.39. The Balaban J connectivity index is 1.44. The Bertz CT molecular complexity index is 515. The Morgan fingerprint density at radius 2 is 1.36 bits per heavy atom. The van der Waals surface area contributed by atoms with Gasteiger partial charge in [-0.15, -0.1) is 0 Å². The van der Waals surface area contributed by atoms with E-state index in [1.54, 1.807) is 6.92 Å². The Morgan fingerprint density at radius 3 is 1.89 bits per heavy atom. The van der Waals surface area contributed by atoms with E-state index in [4.69, 9.17) is 0 Å². The minimum atomic E-state index is -2.57. The maximum Gasteiger partial charge on any atom is 0.245 e. The van der Waals surface area contributed by atoms with Crippen LogP contribution in [0.1, 0.15) is 84.5 Å². The van der Waals surface area contributed by atoms with Crippen LogP contribution in [0, 0.1) is 35.5 Å². The Labute approximate surface area is 167 Å². The molecule has 0 aliphatic heterocycles. The molecule has 5 heteroatoms. The third kappa shape index (κ3) is 5.30. The summed E-state index contributed by atoms with van der Waals surface area (Å²) in [6.07, 6.45) is 5.22. The van der Waals surface area contributed by atoms with Crippen molar-refractivity contribution in [2.75, 3.05) is 0 Å². The number of Topliss-reactive ketones (excluding diaryl/α,β-unsaturated/α-hetero) is 1. The van der Waals surface area contributed by atoms with Gasteiger partial charge < -0.3 is 0 Å². The first-order valence-corrected chi connectivity index (χ1v) is 11.4. The molecule has 28 heavy (non-hydrogen) atoms. The highest BCUT2D eigenvalue weighted by atomic mass is 19.3. The van der Waals surface area contributed by atoms with E-state index < -0.39 is 24.2 Å². The third-order valence-corrected chi connectivity index (χ3v) is 7.91. The van der Waals surface area contributed by atoms with Crippen LogP contribution in [0.15, 0.2) is 0 Å². The molecule has 3 aliphatic carbocycles. The van der Waals surface area contributed by atoms with Gasteiger partial charge in [0.25, 0.3) is 0 Å². The summed E-state index contributed by atoms with van der Waals surface area (Å²) in [5.74, 6) is -2.50. The second-order valence-corrected chi connectivity index (χ2v) is 10.1. The van der Waals surface area contributed by atoms with Crippen LogP contribution in [0.3, 0.4) is 0 Å². The predicted molar refractivity (Wildman–Crippen MR) is 103 cm³/mol. The van der Waals surface area contributed by atoms with Crippen molar-refractivity contribution in [1.29, 1.82) is 0 Å². The van der Waals surface area contributed by atoms with Gasteiger partial charge in [-0.2, -0.15) is 0 Å². The van der Waals surface area contributed by atoms with Gasteiger partial charge in [-0.1, -0.05) is 6.92 Å². The lowest BCUT2D eigenvalue weighted by Crippen LogP contribution is -2.43. The van der Waals surface area contributed by atoms with Gasteiger partial charge in [-0.05, 0) is 94.8 Å². The smallest absolute Gasteiger partial charge is 0.245 e. The molecule has 0 aromatic heterocycles. The second kappa shape index (κ2) is 9.04. The summed E-state index contributed by atoms with van der Waals surface area (Å²) in [6.45, 7) is 2.73. The molecule has 0 aromatic rings. The van der Waals surface area contributed by atoms with E-state index in [-0.39, 0.29) is 30.0 Å². The van der Waals surface area contributed by atoms with E-state index >= 15 is 0 Å². The van der Waals surface area contributed by atoms with Gasteiger partial charge in [0, 0.05) is 12.3 Å². The van der Waals surface area contributed by atoms with Gasteiger partial charge in [0.1, 0.15) is 18.1 Å². The maximum absolute atomic E-state index is 14.4. The normalized spacial score (nSPS) is 42.9. The summed E-state index contributed by atoms with van der Waals surface area (Å²) in [7, 11) is 0. The zero-order valence-electron chi connectivity index (χ0n) is 17.3. The average molecular weight is 405 g/mol. The third-order valence-electron chi connectivity index (χ3n) is 7.91. The second-order valence-electron chi connectivity index (χ2n) is 10.1. The summed E-state index contributed by atoms with van der Waals surface area (Å²) >= 11 is 0. The fourth-order valence-electron chi connectivity index (χ4n) is 6.14. The minimum absolute atomic E-state index is 0.000924. The maximum atomic E-state index is 14.4. The molecule has 0 radical (unpaired) electrons. The number of carbonyl (C=O) groups excluding carboxylic acids is 1. The largest absolute Gasteiger partial charge is 0.299 e. The van der Waals surface area contributed by atoms with Crippen molar-refractivity contribution < 1.29 is 22.4 Å². The lowest BCUT2D eigenvalue weighted by atomic mass is 9.66. The van der Waals surface area contributed by atoms with Crippen LogP contribution >= 0.6 is 0 Å². The summed E-state index contributed by atoms with van der Waals surface area (Å²) in [4.78, 5) is 12.8. The van der Waals surface area contributed by atoms with Crippen molar-refractivity contribution in [3.63, 3.8) is 0 Å². The van der Waals surface area contributed by atoms with Crippen LogP contribution in [-0.4, -0.2) is 24.0 Å². The van der Waals surface area contributed by atoms with Crippen LogP contribution in [-0.2, 0) is 4.79 Å². The average Bonchev–Trinajstić information content (AvgIpc) is 2.65. The molecule has 3 aliphatic rings. The van der Waals surface area contributed by atoms with E-state index in [1.165, 1.54) is 0 Å². The van der Waals surface area contributed by atoms with E-state index in [1.807, 2.05) is 0 Å². The lowest BCUT2D eigenvalue weighted by molar-refractivity contribution is -0.134. The standard InChI is InChI=1S/C23H36F4O/c1-14-3-12-19(21(25)20(14)24)22(28)18-10-8-17(9-11-18)16-6-4-15(5-7-16)13-23(2,26)27/h14-21H,3-13H2,1-2H3. The summed E-state index contributed by atoms with van der Waals surface area (Å²) in [5, 5.41) is 0. The number of hydrogen-bond acceptors (Lipinski definition) is 1. The highest BCUT2D eigenvalue weighted by Gasteiger charge is 2.44. The highest BCUT2D eigenvalue weighted by Crippen LogP contribution is 2.45. The Hall–Kier alpha value is -0.610. The number of hydrogen-bond donors (Lipinski definition) is 0. The van der Waals surface area contributed by atoms with Gasteiger partial charge in [0.05, 0.1) is 5.92 Å². The summed E-state index contributed by atoms with van der Waals surface area (Å²) in [5.41, 5.74) is 0. The molecule has 0 N–H and O–H groups in total. The molecule has 0 aromatic carbocycles. The number of carbonyl (C=O) groups is 1. The van der Waals surface area contributed by atoms with Crippen LogP contribution in [0.4, 0.5) is 17.6 Å². The van der Waals surface area contributed by atoms with Gasteiger partial charge >= 0.3 is 0 Å². The van der Waals surface area contributed by atoms with Crippen molar-refractivity contribution in [2.45, 2.75) is 103 Å². The fraction of sp³-hybridized carbons (Fsp3) is 0.957. The van der Waals surface area contributed by atoms with Gasteiger partial charge in [0.2, 0.25) is 5.92 Å². The van der Waals surface area contributed by atoms with E-state index in [0.29, 0.717) is 24.7 Å². The van der Waals surface area contributed by atoms with Crippen molar-refractivity contribution in [2.24, 2.45) is 35.5 Å². The Kier molecular flexibility index (Phi) is 7.13. The topological polar surface area (TPSA) is 17.1 Å². The molecule has 162 valence electrons. The molecule has 0 spiro atoms. The monoisotopic (exact) mass is 404 g/mol. The van der Waals surface area contributed by atoms with Crippen LogP contribution < -0.4 is 0 Å². The first kappa shape index (κ1) is 22.1. The van der Waals surface area contributed by atoms with Gasteiger partial charge in [-0.3, -0.25) is 4.79 Å². The van der Waals surface area contributed by atoms with E-state index in [9.17, 15) is 22.4 Å². The molecule has 0 heterocycles. The van der Waals surface area contributed by atoms with Crippen LogP contribution in [0.2, 0.25) is 0 Å². The molecule has 4 unspecified atom stereocenters. The van der Waals surface area contributed by atoms with E-state index in [2.05, 4.69) is 0 Å². The first-order valence-electron chi connectivity index (χ1n) is 11.4. The van der Waals surface area contributed by atoms with Crippen molar-refractivity contribution >= 4 is 5.78 Å². The molecule has 0 saturated heterocycles. The number of alkyl halides is 4. The first-order chi connectivity index (χ1) is 13.2. The van der Waals surface area contributed by atoms with Crippen molar-refractivity contribution in [3.05, 3.63) is 0 Å². The quantitative estimate of drug-likeness (QED) is 0.454. The molecular formula is C23H36F4O. The zero-order chi connectivity index (χ0) is 20.5.